The lowest BCUT2D eigenvalue weighted by molar-refractivity contribution is -0.116. The van der Waals surface area contributed by atoms with Crippen LogP contribution >= 0.6 is 27.3 Å². The highest BCUT2D eigenvalue weighted by Crippen LogP contribution is 2.48. The number of hydrogen-bond acceptors (Lipinski definition) is 5. The number of rotatable bonds is 3. The van der Waals surface area contributed by atoms with E-state index in [-0.39, 0.29) is 11.7 Å². The van der Waals surface area contributed by atoms with Gasteiger partial charge in [-0.05, 0) is 59.5 Å². The van der Waals surface area contributed by atoms with Gasteiger partial charge >= 0.3 is 0 Å². The van der Waals surface area contributed by atoms with E-state index in [0.29, 0.717) is 17.8 Å². The van der Waals surface area contributed by atoms with Gasteiger partial charge in [0.2, 0.25) is 0 Å². The van der Waals surface area contributed by atoms with Crippen molar-refractivity contribution in [1.29, 1.82) is 5.26 Å². The first kappa shape index (κ1) is 19.0. The fourth-order valence-corrected chi connectivity index (χ4v) is 5.55. The normalized spacial score (nSPS) is 19.7. The van der Waals surface area contributed by atoms with E-state index in [1.165, 1.54) is 4.88 Å². The zero-order chi connectivity index (χ0) is 19.8. The molecule has 1 aromatic carbocycles. The molecule has 0 saturated carbocycles. The van der Waals surface area contributed by atoms with Gasteiger partial charge in [-0.15, -0.1) is 11.3 Å². The molecule has 142 valence electrons. The molecule has 0 fully saturated rings. The first-order chi connectivity index (χ1) is 13.6. The fourth-order valence-electron chi connectivity index (χ4n) is 4.02. The number of hydrogen-bond donors (Lipinski definition) is 1. The third-order valence-corrected chi connectivity index (χ3v) is 7.29. The van der Waals surface area contributed by atoms with E-state index >= 15 is 0 Å². The van der Waals surface area contributed by atoms with E-state index < -0.39 is 0 Å². The van der Waals surface area contributed by atoms with Crippen molar-refractivity contribution < 1.29 is 4.79 Å². The molecule has 4 rings (SSSR count). The molecule has 2 N–H and O–H groups in total. The largest absolute Gasteiger partial charge is 0.384 e. The molecule has 2 aromatic rings. The van der Waals surface area contributed by atoms with E-state index in [1.54, 1.807) is 11.3 Å². The van der Waals surface area contributed by atoms with Gasteiger partial charge in [0.1, 0.15) is 5.82 Å². The van der Waals surface area contributed by atoms with Crippen LogP contribution in [0.4, 0.5) is 5.69 Å². The molecule has 2 heterocycles. The Morgan fingerprint density at radius 1 is 1.29 bits per heavy atom. The van der Waals surface area contributed by atoms with Gasteiger partial charge in [-0.2, -0.15) is 5.26 Å². The molecule has 1 unspecified atom stereocenters. The second kappa shape index (κ2) is 7.57. The smallest absolute Gasteiger partial charge is 0.161 e. The number of carbonyl (C=O) groups is 1. The molecule has 1 aliphatic heterocycles. The number of nitrogens with two attached hydrogens (primary N) is 1. The first-order valence-electron chi connectivity index (χ1n) is 9.36. The summed E-state index contributed by atoms with van der Waals surface area (Å²) >= 11 is 5.26. The number of nitrogens with zero attached hydrogens (tertiary/aromatic N) is 2. The monoisotopic (exact) mass is 453 g/mol. The summed E-state index contributed by atoms with van der Waals surface area (Å²) < 4.78 is 0.878. The van der Waals surface area contributed by atoms with Crippen LogP contribution in [-0.4, -0.2) is 5.78 Å². The minimum absolute atomic E-state index is 0.120. The summed E-state index contributed by atoms with van der Waals surface area (Å²) in [5.74, 6) is 0.172. The fraction of sp³-hybridized carbons (Fsp3) is 0.273. The Bertz CT molecular complexity index is 1060. The second-order valence-corrected chi connectivity index (χ2v) is 8.98. The molecule has 0 saturated heterocycles. The van der Waals surface area contributed by atoms with Crippen LogP contribution in [0.5, 0.6) is 0 Å². The van der Waals surface area contributed by atoms with Crippen molar-refractivity contribution in [2.45, 2.75) is 38.5 Å². The second-order valence-electron chi connectivity index (χ2n) is 6.93. The third kappa shape index (κ3) is 2.99. The summed E-state index contributed by atoms with van der Waals surface area (Å²) in [6.07, 6.45) is 3.01. The summed E-state index contributed by atoms with van der Waals surface area (Å²) in [4.78, 5) is 17.2. The van der Waals surface area contributed by atoms with Gasteiger partial charge in [0.05, 0.1) is 23.2 Å². The van der Waals surface area contributed by atoms with Crippen LogP contribution in [-0.2, 0) is 11.2 Å². The first-order valence-corrected chi connectivity index (χ1v) is 11.0. The van der Waals surface area contributed by atoms with Crippen LogP contribution in [0.3, 0.4) is 0 Å². The van der Waals surface area contributed by atoms with Crippen molar-refractivity contribution in [2.75, 3.05) is 4.90 Å². The van der Waals surface area contributed by atoms with Gasteiger partial charge in [-0.25, -0.2) is 0 Å². The molecule has 0 amide bonds. The highest BCUT2D eigenvalue weighted by molar-refractivity contribution is 9.10. The number of aryl methyl sites for hydroxylation is 1. The zero-order valence-electron chi connectivity index (χ0n) is 15.5. The molecular formula is C22H20BrN3OS. The number of thiophene rings is 1. The summed E-state index contributed by atoms with van der Waals surface area (Å²) in [7, 11) is 0. The van der Waals surface area contributed by atoms with Crippen molar-refractivity contribution in [3.8, 4) is 6.07 Å². The van der Waals surface area contributed by atoms with Crippen molar-refractivity contribution in [3.63, 3.8) is 0 Å². The maximum absolute atomic E-state index is 13.1. The van der Waals surface area contributed by atoms with E-state index in [2.05, 4.69) is 35.0 Å². The minimum atomic E-state index is -0.364. The van der Waals surface area contributed by atoms with Crippen molar-refractivity contribution in [1.82, 2.24) is 0 Å². The minimum Gasteiger partial charge on any atom is -0.384 e. The highest BCUT2D eigenvalue weighted by atomic mass is 79.9. The number of nitriles is 1. The number of anilines is 1. The number of halogens is 1. The lowest BCUT2D eigenvalue weighted by Crippen LogP contribution is -2.38. The predicted octanol–water partition coefficient (Wildman–Crippen LogP) is 5.38. The van der Waals surface area contributed by atoms with Gasteiger partial charge in [0.25, 0.3) is 0 Å². The Labute approximate surface area is 177 Å². The summed E-state index contributed by atoms with van der Waals surface area (Å²) in [6, 6.07) is 14.2. The summed E-state index contributed by atoms with van der Waals surface area (Å²) in [6.45, 7) is 2.11. The Balaban J connectivity index is 1.97. The predicted molar refractivity (Wildman–Crippen MR) is 116 cm³/mol. The van der Waals surface area contributed by atoms with Crippen LogP contribution in [0, 0.1) is 11.3 Å². The number of Topliss-reactive ketones (excluding diaryl/α,β-unsaturated/α-hetero) is 1. The standard InChI is InChI=1S/C22H20BrN3OS/c1-2-13-10-11-19(28-13)20-14(12-24)22(25)26(16-7-4-3-6-15(16)23)17-8-5-9-18(27)21(17)20/h3-4,6-7,10-11,20H,2,5,8-9,25H2,1H3. The van der Waals surface area contributed by atoms with Gasteiger partial charge in [-0.3, -0.25) is 9.69 Å². The average molecular weight is 454 g/mol. The Morgan fingerprint density at radius 3 is 2.75 bits per heavy atom. The number of para-hydroxylation sites is 1. The number of allylic oxidation sites excluding steroid dienone is 3. The van der Waals surface area contributed by atoms with Crippen LogP contribution in [0.15, 0.2) is 63.5 Å². The molecule has 2 aliphatic rings. The lowest BCUT2D eigenvalue weighted by Gasteiger charge is -2.39. The Hall–Kier alpha value is -2.36. The Kier molecular flexibility index (Phi) is 5.13. The van der Waals surface area contributed by atoms with Crippen LogP contribution in [0.2, 0.25) is 0 Å². The van der Waals surface area contributed by atoms with Crippen molar-refractivity contribution >= 4 is 38.7 Å². The summed E-state index contributed by atoms with van der Waals surface area (Å²) in [5.41, 5.74) is 9.54. The molecule has 0 radical (unpaired) electrons. The molecular weight excluding hydrogens is 434 g/mol. The third-order valence-electron chi connectivity index (χ3n) is 5.32. The molecule has 0 bridgehead atoms. The van der Waals surface area contributed by atoms with E-state index in [9.17, 15) is 10.1 Å². The van der Waals surface area contributed by atoms with Crippen LogP contribution in [0.1, 0.15) is 41.9 Å². The molecule has 28 heavy (non-hydrogen) atoms. The number of carbonyl (C=O) groups excluding carboxylic acids is 1. The molecule has 4 nitrogen and oxygen atoms in total. The van der Waals surface area contributed by atoms with Crippen molar-refractivity contribution in [2.24, 2.45) is 5.73 Å². The van der Waals surface area contributed by atoms with E-state index in [1.807, 2.05) is 35.2 Å². The number of benzene rings is 1. The maximum atomic E-state index is 13.1. The van der Waals surface area contributed by atoms with Crippen molar-refractivity contribution in [3.05, 3.63) is 73.3 Å². The molecule has 6 heteroatoms. The lowest BCUT2D eigenvalue weighted by atomic mass is 9.78. The van der Waals surface area contributed by atoms with Gasteiger partial charge in [0, 0.05) is 31.9 Å². The quantitative estimate of drug-likeness (QED) is 0.676. The van der Waals surface area contributed by atoms with Gasteiger partial charge in [0.15, 0.2) is 5.78 Å². The number of ketones is 1. The molecule has 0 spiro atoms. The average Bonchev–Trinajstić information content (AvgIpc) is 3.17. The van der Waals surface area contributed by atoms with E-state index in [0.717, 1.165) is 45.6 Å². The molecule has 1 aromatic heterocycles. The SMILES string of the molecule is CCc1ccc(C2C(C#N)=C(N)N(c3ccccc3Br)C3=C2C(=O)CCC3)s1. The van der Waals surface area contributed by atoms with Crippen LogP contribution in [0.25, 0.3) is 0 Å². The van der Waals surface area contributed by atoms with Gasteiger partial charge < -0.3 is 5.73 Å². The topological polar surface area (TPSA) is 70.1 Å². The van der Waals surface area contributed by atoms with E-state index in [4.69, 9.17) is 5.73 Å². The van der Waals surface area contributed by atoms with Crippen LogP contribution < -0.4 is 10.6 Å². The zero-order valence-corrected chi connectivity index (χ0v) is 17.9. The highest BCUT2D eigenvalue weighted by Gasteiger charge is 2.41. The summed E-state index contributed by atoms with van der Waals surface area (Å²) in [5, 5.41) is 10.0. The Morgan fingerprint density at radius 2 is 2.07 bits per heavy atom. The molecule has 1 aliphatic carbocycles. The maximum Gasteiger partial charge on any atom is 0.161 e. The van der Waals surface area contributed by atoms with Gasteiger partial charge in [-0.1, -0.05) is 19.1 Å². The molecule has 1 atom stereocenters.